The summed E-state index contributed by atoms with van der Waals surface area (Å²) >= 11 is 0. The van der Waals surface area contributed by atoms with E-state index in [0.29, 0.717) is 17.4 Å². The molecule has 1 aliphatic rings. The summed E-state index contributed by atoms with van der Waals surface area (Å²) in [6, 6.07) is 4.02. The number of piperazine rings is 1. The van der Waals surface area contributed by atoms with Crippen molar-refractivity contribution >= 4 is 11.7 Å². The van der Waals surface area contributed by atoms with Crippen molar-refractivity contribution in [1.82, 2.24) is 14.8 Å². The summed E-state index contributed by atoms with van der Waals surface area (Å²) in [5.41, 5.74) is 4.07. The number of aryl methyl sites for hydroxylation is 1. The second-order valence-corrected chi connectivity index (χ2v) is 5.52. The van der Waals surface area contributed by atoms with E-state index in [0.717, 1.165) is 38.2 Å². The van der Waals surface area contributed by atoms with E-state index in [1.807, 2.05) is 17.9 Å². The van der Waals surface area contributed by atoms with Gasteiger partial charge in [-0.2, -0.15) is 0 Å². The van der Waals surface area contributed by atoms with Gasteiger partial charge in [-0.3, -0.25) is 9.69 Å². The Bertz CT molecular complexity index is 483. The molecule has 21 heavy (non-hydrogen) atoms. The molecular weight excluding hydrogens is 266 g/mol. The number of hydrogen-bond acceptors (Lipinski definition) is 5. The summed E-state index contributed by atoms with van der Waals surface area (Å²) in [4.78, 5) is 21.3. The van der Waals surface area contributed by atoms with Gasteiger partial charge in [0.2, 0.25) is 0 Å². The summed E-state index contributed by atoms with van der Waals surface area (Å²) in [6.45, 7) is 6.63. The van der Waals surface area contributed by atoms with Crippen LogP contribution in [0.5, 0.6) is 0 Å². The third-order valence-electron chi connectivity index (χ3n) is 4.17. The maximum atomic E-state index is 12.7. The standard InChI is InChI=1S/C15H25N5O/c1-4-12-8-11(9-14(17-12)18-16)15(21)20-7-6-19(3)13(5-2)10-20/h8-9,13H,4-7,10,16H2,1-3H3,(H,17,18). The smallest absolute Gasteiger partial charge is 0.254 e. The van der Waals surface area contributed by atoms with E-state index in [1.165, 1.54) is 0 Å². The zero-order chi connectivity index (χ0) is 15.4. The molecule has 0 bridgehead atoms. The predicted molar refractivity (Wildman–Crippen MR) is 84.0 cm³/mol. The first kappa shape index (κ1) is 15.7. The Labute approximate surface area is 126 Å². The van der Waals surface area contributed by atoms with E-state index in [9.17, 15) is 4.79 Å². The van der Waals surface area contributed by atoms with Gasteiger partial charge < -0.3 is 10.3 Å². The number of hydrazine groups is 1. The zero-order valence-electron chi connectivity index (χ0n) is 13.1. The molecule has 2 rings (SSSR count). The van der Waals surface area contributed by atoms with Crippen LogP contribution in [0.4, 0.5) is 5.82 Å². The molecule has 1 aromatic heterocycles. The minimum absolute atomic E-state index is 0.0650. The van der Waals surface area contributed by atoms with Crippen LogP contribution >= 0.6 is 0 Å². The summed E-state index contributed by atoms with van der Waals surface area (Å²) in [5.74, 6) is 6.04. The van der Waals surface area contributed by atoms with E-state index < -0.39 is 0 Å². The molecule has 0 radical (unpaired) electrons. The molecule has 2 heterocycles. The first-order valence-electron chi connectivity index (χ1n) is 7.56. The first-order chi connectivity index (χ1) is 10.1. The van der Waals surface area contributed by atoms with Gasteiger partial charge in [0.1, 0.15) is 5.82 Å². The second kappa shape index (κ2) is 6.87. The number of carbonyl (C=O) groups is 1. The fourth-order valence-corrected chi connectivity index (χ4v) is 2.72. The van der Waals surface area contributed by atoms with E-state index in [-0.39, 0.29) is 5.91 Å². The van der Waals surface area contributed by atoms with Crippen molar-refractivity contribution in [1.29, 1.82) is 0 Å². The number of aromatic nitrogens is 1. The van der Waals surface area contributed by atoms with Gasteiger partial charge in [-0.15, -0.1) is 0 Å². The Hall–Kier alpha value is -1.66. The molecule has 0 saturated carbocycles. The number of hydrogen-bond donors (Lipinski definition) is 2. The molecule has 1 aromatic rings. The van der Waals surface area contributed by atoms with E-state index >= 15 is 0 Å². The Balaban J connectivity index is 2.19. The van der Waals surface area contributed by atoms with Crippen LogP contribution in [0.25, 0.3) is 0 Å². The number of likely N-dealkylation sites (N-methyl/N-ethyl adjacent to an activating group) is 1. The summed E-state index contributed by atoms with van der Waals surface area (Å²) < 4.78 is 0. The number of nitrogen functional groups attached to an aromatic ring is 1. The molecule has 6 heteroatoms. The van der Waals surface area contributed by atoms with Crippen LogP contribution in [-0.4, -0.2) is 53.4 Å². The van der Waals surface area contributed by atoms with Crippen LogP contribution in [0.1, 0.15) is 36.3 Å². The van der Waals surface area contributed by atoms with Crippen molar-refractivity contribution in [2.45, 2.75) is 32.7 Å². The van der Waals surface area contributed by atoms with Crippen LogP contribution in [0, 0.1) is 0 Å². The van der Waals surface area contributed by atoms with Crippen LogP contribution in [-0.2, 0) is 6.42 Å². The van der Waals surface area contributed by atoms with Gasteiger partial charge >= 0.3 is 0 Å². The topological polar surface area (TPSA) is 74.5 Å². The average Bonchev–Trinajstić information content (AvgIpc) is 2.54. The van der Waals surface area contributed by atoms with Crippen LogP contribution in [0.3, 0.4) is 0 Å². The molecule has 3 N–H and O–H groups in total. The average molecular weight is 291 g/mol. The lowest BCUT2D eigenvalue weighted by atomic mass is 10.1. The molecule has 1 aliphatic heterocycles. The first-order valence-corrected chi connectivity index (χ1v) is 7.56. The zero-order valence-corrected chi connectivity index (χ0v) is 13.1. The number of nitrogens with one attached hydrogen (secondary N) is 1. The Kier molecular flexibility index (Phi) is 5.14. The highest BCUT2D eigenvalue weighted by molar-refractivity contribution is 5.95. The van der Waals surface area contributed by atoms with Crippen molar-refractivity contribution in [3.05, 3.63) is 23.4 Å². The van der Waals surface area contributed by atoms with Crippen molar-refractivity contribution in [3.63, 3.8) is 0 Å². The lowest BCUT2D eigenvalue weighted by molar-refractivity contribution is 0.0541. The summed E-state index contributed by atoms with van der Waals surface area (Å²) in [5, 5.41) is 0. The van der Waals surface area contributed by atoms with Crippen molar-refractivity contribution in [2.24, 2.45) is 5.84 Å². The number of nitrogens with zero attached hydrogens (tertiary/aromatic N) is 3. The minimum Gasteiger partial charge on any atom is -0.336 e. The number of nitrogens with two attached hydrogens (primary N) is 1. The van der Waals surface area contributed by atoms with Crippen LogP contribution in [0.2, 0.25) is 0 Å². The lowest BCUT2D eigenvalue weighted by Gasteiger charge is -2.39. The van der Waals surface area contributed by atoms with Gasteiger partial charge in [-0.25, -0.2) is 10.8 Å². The SMILES string of the molecule is CCc1cc(C(=O)N2CCN(C)C(CC)C2)cc(NN)n1. The lowest BCUT2D eigenvalue weighted by Crippen LogP contribution is -2.53. The Morgan fingerprint density at radius 2 is 2.19 bits per heavy atom. The molecule has 1 atom stereocenters. The highest BCUT2D eigenvalue weighted by Crippen LogP contribution is 2.17. The van der Waals surface area contributed by atoms with Gasteiger partial charge in [0.05, 0.1) is 0 Å². The largest absolute Gasteiger partial charge is 0.336 e. The summed E-state index contributed by atoms with van der Waals surface area (Å²) in [7, 11) is 2.12. The van der Waals surface area contributed by atoms with Crippen molar-refractivity contribution in [2.75, 3.05) is 32.1 Å². The Morgan fingerprint density at radius 3 is 2.81 bits per heavy atom. The van der Waals surface area contributed by atoms with Gasteiger partial charge in [0.25, 0.3) is 5.91 Å². The second-order valence-electron chi connectivity index (χ2n) is 5.52. The van der Waals surface area contributed by atoms with Gasteiger partial charge in [-0.05, 0) is 32.0 Å². The fraction of sp³-hybridized carbons (Fsp3) is 0.600. The van der Waals surface area contributed by atoms with Crippen LogP contribution < -0.4 is 11.3 Å². The number of rotatable bonds is 4. The van der Waals surface area contributed by atoms with E-state index in [4.69, 9.17) is 5.84 Å². The van der Waals surface area contributed by atoms with E-state index in [1.54, 1.807) is 6.07 Å². The number of pyridine rings is 1. The number of anilines is 1. The molecule has 116 valence electrons. The Morgan fingerprint density at radius 1 is 1.43 bits per heavy atom. The molecule has 1 amide bonds. The van der Waals surface area contributed by atoms with Gasteiger partial charge in [-0.1, -0.05) is 13.8 Å². The molecule has 1 unspecified atom stereocenters. The summed E-state index contributed by atoms with van der Waals surface area (Å²) in [6.07, 6.45) is 1.82. The van der Waals surface area contributed by atoms with Gasteiger partial charge in [0, 0.05) is 36.9 Å². The van der Waals surface area contributed by atoms with Gasteiger partial charge in [0.15, 0.2) is 0 Å². The number of amides is 1. The monoisotopic (exact) mass is 291 g/mol. The molecule has 1 saturated heterocycles. The maximum Gasteiger partial charge on any atom is 0.254 e. The highest BCUT2D eigenvalue weighted by atomic mass is 16.2. The van der Waals surface area contributed by atoms with Crippen molar-refractivity contribution in [3.8, 4) is 0 Å². The molecule has 6 nitrogen and oxygen atoms in total. The normalized spacial score (nSPS) is 19.6. The predicted octanol–water partition coefficient (Wildman–Crippen LogP) is 1.10. The van der Waals surface area contributed by atoms with E-state index in [2.05, 4.69) is 29.3 Å². The highest BCUT2D eigenvalue weighted by Gasteiger charge is 2.27. The van der Waals surface area contributed by atoms with Crippen molar-refractivity contribution < 1.29 is 4.79 Å². The third kappa shape index (κ3) is 3.51. The quantitative estimate of drug-likeness (QED) is 0.642. The molecule has 0 aliphatic carbocycles. The van der Waals surface area contributed by atoms with Crippen LogP contribution in [0.15, 0.2) is 12.1 Å². The molecule has 0 aromatic carbocycles. The molecule has 1 fully saturated rings. The minimum atomic E-state index is 0.0650. The molecular formula is C15H25N5O. The fourth-order valence-electron chi connectivity index (χ4n) is 2.72. The maximum absolute atomic E-state index is 12.7. The third-order valence-corrected chi connectivity index (χ3v) is 4.17. The molecule has 0 spiro atoms. The number of carbonyl (C=O) groups excluding carboxylic acids is 1.